The Morgan fingerprint density at radius 2 is 2.22 bits per heavy atom. The summed E-state index contributed by atoms with van der Waals surface area (Å²) in [4.78, 5) is 15.1. The third kappa shape index (κ3) is 2.42. The van der Waals surface area contributed by atoms with Crippen LogP contribution in [0, 0.1) is 12.8 Å². The van der Waals surface area contributed by atoms with E-state index in [0.717, 1.165) is 22.2 Å². The quantitative estimate of drug-likeness (QED) is 0.868. The van der Waals surface area contributed by atoms with Gasteiger partial charge in [0.05, 0.1) is 17.1 Å². The predicted octanol–water partition coefficient (Wildman–Crippen LogP) is 2.68. The maximum absolute atomic E-state index is 10.8. The van der Waals surface area contributed by atoms with Gasteiger partial charge in [-0.3, -0.25) is 9.78 Å². The highest BCUT2D eigenvalue weighted by Gasteiger charge is 2.11. The summed E-state index contributed by atoms with van der Waals surface area (Å²) >= 11 is 0. The van der Waals surface area contributed by atoms with Crippen LogP contribution in [0.3, 0.4) is 0 Å². The number of hydrogen-bond acceptors (Lipinski definition) is 3. The van der Waals surface area contributed by atoms with Crippen LogP contribution < -0.4 is 5.32 Å². The van der Waals surface area contributed by atoms with E-state index in [1.165, 1.54) is 0 Å². The van der Waals surface area contributed by atoms with Gasteiger partial charge < -0.3 is 10.4 Å². The lowest BCUT2D eigenvalue weighted by molar-refractivity contribution is -0.140. The zero-order chi connectivity index (χ0) is 13.1. The van der Waals surface area contributed by atoms with Gasteiger partial charge in [0, 0.05) is 18.1 Å². The van der Waals surface area contributed by atoms with E-state index >= 15 is 0 Å². The van der Waals surface area contributed by atoms with Gasteiger partial charge in [-0.15, -0.1) is 0 Å². The Balaban J connectivity index is 2.29. The lowest BCUT2D eigenvalue weighted by Gasteiger charge is -2.12. The minimum atomic E-state index is -0.799. The molecule has 0 amide bonds. The molecule has 0 aliphatic heterocycles. The molecule has 0 spiro atoms. The number of carbonyl (C=O) groups is 1. The zero-order valence-electron chi connectivity index (χ0n) is 10.5. The first-order valence-electron chi connectivity index (χ1n) is 5.90. The number of nitrogens with one attached hydrogen (secondary N) is 1. The molecular weight excluding hydrogens is 228 g/mol. The molecular formula is C14H16N2O2. The molecule has 4 heteroatoms. The smallest absolute Gasteiger partial charge is 0.308 e. The van der Waals surface area contributed by atoms with Gasteiger partial charge in [-0.25, -0.2) is 0 Å². The maximum atomic E-state index is 10.8. The lowest BCUT2D eigenvalue weighted by atomic mass is 10.1. The molecule has 2 aromatic rings. The summed E-state index contributed by atoms with van der Waals surface area (Å²) < 4.78 is 0. The van der Waals surface area contributed by atoms with Crippen LogP contribution in [0.5, 0.6) is 0 Å². The number of fused-ring (bicyclic) bond motifs is 1. The Hall–Kier alpha value is -2.10. The fourth-order valence-corrected chi connectivity index (χ4v) is 1.81. The molecule has 18 heavy (non-hydrogen) atoms. The molecule has 1 atom stereocenters. The van der Waals surface area contributed by atoms with Gasteiger partial charge in [-0.1, -0.05) is 19.1 Å². The normalized spacial score (nSPS) is 12.3. The highest BCUT2D eigenvalue weighted by Crippen LogP contribution is 2.23. The van der Waals surface area contributed by atoms with Gasteiger partial charge in [-0.05, 0) is 24.6 Å². The lowest BCUT2D eigenvalue weighted by Crippen LogP contribution is -2.19. The van der Waals surface area contributed by atoms with Gasteiger partial charge >= 0.3 is 5.97 Å². The number of carboxylic acids is 1. The molecule has 0 radical (unpaired) electrons. The summed E-state index contributed by atoms with van der Waals surface area (Å²) in [6.07, 6.45) is 1.77. The van der Waals surface area contributed by atoms with Gasteiger partial charge in [0.25, 0.3) is 0 Å². The molecule has 0 aliphatic carbocycles. The Morgan fingerprint density at radius 1 is 1.44 bits per heavy atom. The second kappa shape index (κ2) is 5.04. The van der Waals surface area contributed by atoms with Gasteiger partial charge in [0.15, 0.2) is 0 Å². The fraction of sp³-hybridized carbons (Fsp3) is 0.286. The fourth-order valence-electron chi connectivity index (χ4n) is 1.81. The average Bonchev–Trinajstić information content (AvgIpc) is 2.36. The van der Waals surface area contributed by atoms with Crippen molar-refractivity contribution >= 4 is 22.6 Å². The Kier molecular flexibility index (Phi) is 3.46. The summed E-state index contributed by atoms with van der Waals surface area (Å²) in [6.45, 7) is 4.11. The largest absolute Gasteiger partial charge is 0.481 e. The van der Waals surface area contributed by atoms with Crippen molar-refractivity contribution in [2.75, 3.05) is 11.9 Å². The third-order valence-electron chi connectivity index (χ3n) is 3.01. The number of carboxylic acid groups (broad SMARTS) is 1. The van der Waals surface area contributed by atoms with Crippen molar-refractivity contribution < 1.29 is 9.90 Å². The van der Waals surface area contributed by atoms with Crippen LogP contribution >= 0.6 is 0 Å². The number of para-hydroxylation sites is 1. The van der Waals surface area contributed by atoms with Gasteiger partial charge in [0.1, 0.15) is 0 Å². The maximum Gasteiger partial charge on any atom is 0.308 e. The number of rotatable bonds is 4. The van der Waals surface area contributed by atoms with E-state index in [1.54, 1.807) is 13.1 Å². The molecule has 0 fully saturated rings. The number of benzene rings is 1. The number of aryl methyl sites for hydroxylation is 1. The van der Waals surface area contributed by atoms with Crippen LogP contribution in [-0.2, 0) is 4.79 Å². The van der Waals surface area contributed by atoms with Crippen molar-refractivity contribution in [3.8, 4) is 0 Å². The summed E-state index contributed by atoms with van der Waals surface area (Å²) in [7, 11) is 0. The highest BCUT2D eigenvalue weighted by molar-refractivity contribution is 5.92. The second-order valence-electron chi connectivity index (χ2n) is 4.45. The number of nitrogens with zero attached hydrogens (tertiary/aromatic N) is 1. The van der Waals surface area contributed by atoms with E-state index in [2.05, 4.69) is 10.3 Å². The zero-order valence-corrected chi connectivity index (χ0v) is 10.5. The van der Waals surface area contributed by atoms with Crippen LogP contribution in [0.1, 0.15) is 12.5 Å². The predicted molar refractivity (Wildman–Crippen MR) is 71.8 cm³/mol. The number of aromatic nitrogens is 1. The molecule has 4 nitrogen and oxygen atoms in total. The number of hydrogen-bond donors (Lipinski definition) is 2. The molecule has 0 saturated heterocycles. The van der Waals surface area contributed by atoms with Crippen molar-refractivity contribution in [3.05, 3.63) is 36.0 Å². The van der Waals surface area contributed by atoms with Crippen LogP contribution in [0.15, 0.2) is 30.5 Å². The van der Waals surface area contributed by atoms with Crippen molar-refractivity contribution in [3.63, 3.8) is 0 Å². The first-order chi connectivity index (χ1) is 8.59. The van der Waals surface area contributed by atoms with Crippen molar-refractivity contribution in [2.24, 2.45) is 5.92 Å². The molecule has 1 aromatic heterocycles. The van der Waals surface area contributed by atoms with Gasteiger partial charge in [0.2, 0.25) is 0 Å². The van der Waals surface area contributed by atoms with Crippen molar-refractivity contribution in [1.29, 1.82) is 0 Å². The third-order valence-corrected chi connectivity index (χ3v) is 3.01. The number of aliphatic carboxylic acids is 1. The van der Waals surface area contributed by atoms with Crippen LogP contribution in [0.2, 0.25) is 0 Å². The summed E-state index contributed by atoms with van der Waals surface area (Å²) in [5.74, 6) is -1.23. The minimum absolute atomic E-state index is 0.393. The van der Waals surface area contributed by atoms with E-state index < -0.39 is 11.9 Å². The van der Waals surface area contributed by atoms with E-state index in [9.17, 15) is 4.79 Å². The second-order valence-corrected chi connectivity index (χ2v) is 4.45. The molecule has 2 N–H and O–H groups in total. The monoisotopic (exact) mass is 244 g/mol. The first-order valence-corrected chi connectivity index (χ1v) is 5.90. The molecule has 1 unspecified atom stereocenters. The Bertz CT molecular complexity index is 581. The SMILES string of the molecule is Cc1ccnc2c(NCC(C)C(=O)O)cccc12. The van der Waals surface area contributed by atoms with E-state index in [-0.39, 0.29) is 0 Å². The van der Waals surface area contributed by atoms with Crippen molar-refractivity contribution in [1.82, 2.24) is 4.98 Å². The minimum Gasteiger partial charge on any atom is -0.481 e. The van der Waals surface area contributed by atoms with Gasteiger partial charge in [-0.2, -0.15) is 0 Å². The molecule has 2 rings (SSSR count). The van der Waals surface area contributed by atoms with Crippen LogP contribution in [-0.4, -0.2) is 22.6 Å². The Labute approximate surface area is 106 Å². The number of pyridine rings is 1. The summed E-state index contributed by atoms with van der Waals surface area (Å²) in [6, 6.07) is 7.85. The van der Waals surface area contributed by atoms with Crippen molar-refractivity contribution in [2.45, 2.75) is 13.8 Å². The Morgan fingerprint density at radius 3 is 2.94 bits per heavy atom. The van der Waals surface area contributed by atoms with Crippen LogP contribution in [0.4, 0.5) is 5.69 Å². The van der Waals surface area contributed by atoms with E-state index in [0.29, 0.717) is 6.54 Å². The van der Waals surface area contributed by atoms with E-state index in [4.69, 9.17) is 5.11 Å². The molecule has 0 saturated carbocycles. The first kappa shape index (κ1) is 12.4. The standard InChI is InChI=1S/C14H16N2O2/c1-9-6-7-15-13-11(9)4-3-5-12(13)16-8-10(2)14(17)18/h3-7,10,16H,8H2,1-2H3,(H,17,18). The number of anilines is 1. The highest BCUT2D eigenvalue weighted by atomic mass is 16.4. The summed E-state index contributed by atoms with van der Waals surface area (Å²) in [5.41, 5.74) is 2.93. The average molecular weight is 244 g/mol. The molecule has 1 heterocycles. The molecule has 94 valence electrons. The molecule has 0 bridgehead atoms. The van der Waals surface area contributed by atoms with Crippen LogP contribution in [0.25, 0.3) is 10.9 Å². The topological polar surface area (TPSA) is 62.2 Å². The summed E-state index contributed by atoms with van der Waals surface area (Å²) in [5, 5.41) is 13.1. The van der Waals surface area contributed by atoms with E-state index in [1.807, 2.05) is 31.2 Å². The molecule has 1 aromatic carbocycles. The molecule has 0 aliphatic rings.